The van der Waals surface area contributed by atoms with Crippen molar-refractivity contribution >= 4 is 11.8 Å². The molecule has 1 saturated carbocycles. The van der Waals surface area contributed by atoms with Gasteiger partial charge in [0.2, 0.25) is 11.8 Å². The molecule has 1 aliphatic heterocycles. The van der Waals surface area contributed by atoms with Gasteiger partial charge in [-0.15, -0.1) is 0 Å². The van der Waals surface area contributed by atoms with E-state index in [2.05, 4.69) is 10.3 Å². The normalized spacial score (nSPS) is 17.9. The highest BCUT2D eigenvalue weighted by Crippen LogP contribution is 2.32. The van der Waals surface area contributed by atoms with E-state index in [9.17, 15) is 9.59 Å². The van der Waals surface area contributed by atoms with E-state index in [1.165, 1.54) is 0 Å². The zero-order valence-electron chi connectivity index (χ0n) is 17.0. The average Bonchev–Trinajstić information content (AvgIpc) is 3.56. The summed E-state index contributed by atoms with van der Waals surface area (Å²) in [6.45, 7) is 2.25. The molecule has 8 nitrogen and oxygen atoms in total. The quantitative estimate of drug-likeness (QED) is 0.832. The maximum Gasteiger partial charge on any atom is 0.259 e. The molecule has 0 saturated heterocycles. The summed E-state index contributed by atoms with van der Waals surface area (Å²) in [5.74, 6) is 1.12. The molecular formula is C22H26N4O4. The van der Waals surface area contributed by atoms with Gasteiger partial charge in [0.25, 0.3) is 5.91 Å². The molecule has 158 valence electrons. The fourth-order valence-corrected chi connectivity index (χ4v) is 3.25. The van der Waals surface area contributed by atoms with Crippen molar-refractivity contribution in [1.29, 1.82) is 0 Å². The third kappa shape index (κ3) is 5.07. The van der Waals surface area contributed by atoms with Crippen molar-refractivity contribution in [2.24, 2.45) is 0 Å². The summed E-state index contributed by atoms with van der Waals surface area (Å²) in [4.78, 5) is 33.2. The number of pyridine rings is 1. The minimum absolute atomic E-state index is 0.00840. The summed E-state index contributed by atoms with van der Waals surface area (Å²) in [6.07, 6.45) is 3.69. The summed E-state index contributed by atoms with van der Waals surface area (Å²) in [6, 6.07) is 11.0. The SMILES string of the molecule is CN1CCN(CC(=O)NC2CC2)CCOc2ccccc2Oc2ncccc2C1=O. The monoisotopic (exact) mass is 410 g/mol. The highest BCUT2D eigenvalue weighted by atomic mass is 16.5. The number of nitrogens with one attached hydrogen (secondary N) is 1. The molecule has 2 amide bonds. The lowest BCUT2D eigenvalue weighted by molar-refractivity contribution is -0.122. The van der Waals surface area contributed by atoms with Crippen LogP contribution in [0.2, 0.25) is 0 Å². The van der Waals surface area contributed by atoms with E-state index in [1.54, 1.807) is 36.3 Å². The van der Waals surface area contributed by atoms with Crippen molar-refractivity contribution in [2.45, 2.75) is 18.9 Å². The maximum absolute atomic E-state index is 13.0. The van der Waals surface area contributed by atoms with Crippen LogP contribution in [-0.2, 0) is 4.79 Å². The molecule has 0 unspecified atom stereocenters. The molecule has 0 atom stereocenters. The van der Waals surface area contributed by atoms with Crippen LogP contribution in [0.1, 0.15) is 23.2 Å². The Morgan fingerprint density at radius 3 is 2.73 bits per heavy atom. The van der Waals surface area contributed by atoms with Crippen LogP contribution in [0, 0.1) is 0 Å². The Bertz CT molecular complexity index is 916. The van der Waals surface area contributed by atoms with E-state index in [1.807, 2.05) is 23.1 Å². The van der Waals surface area contributed by atoms with Crippen molar-refractivity contribution in [1.82, 2.24) is 20.1 Å². The Morgan fingerprint density at radius 1 is 1.13 bits per heavy atom. The first-order valence-electron chi connectivity index (χ1n) is 10.2. The molecule has 30 heavy (non-hydrogen) atoms. The first kappa shape index (κ1) is 20.2. The number of nitrogens with zero attached hydrogens (tertiary/aromatic N) is 3. The van der Waals surface area contributed by atoms with E-state index in [4.69, 9.17) is 9.47 Å². The number of para-hydroxylation sites is 2. The molecule has 4 rings (SSSR count). The Balaban J connectivity index is 1.57. The second-order valence-corrected chi connectivity index (χ2v) is 7.60. The van der Waals surface area contributed by atoms with E-state index >= 15 is 0 Å². The Kier molecular flexibility index (Phi) is 6.13. The van der Waals surface area contributed by atoms with Crippen LogP contribution in [0.3, 0.4) is 0 Å². The molecule has 0 radical (unpaired) electrons. The Labute approximate surface area is 175 Å². The van der Waals surface area contributed by atoms with Gasteiger partial charge in [-0.2, -0.15) is 0 Å². The number of rotatable bonds is 3. The molecule has 2 heterocycles. The van der Waals surface area contributed by atoms with Gasteiger partial charge in [0, 0.05) is 38.9 Å². The molecule has 1 aliphatic carbocycles. The molecule has 0 bridgehead atoms. The molecule has 2 aromatic rings. The number of hydrogen-bond acceptors (Lipinski definition) is 6. The van der Waals surface area contributed by atoms with Gasteiger partial charge < -0.3 is 19.7 Å². The van der Waals surface area contributed by atoms with Gasteiger partial charge in [0.05, 0.1) is 6.54 Å². The van der Waals surface area contributed by atoms with E-state index < -0.39 is 0 Å². The summed E-state index contributed by atoms with van der Waals surface area (Å²) >= 11 is 0. The average molecular weight is 410 g/mol. The largest absolute Gasteiger partial charge is 0.488 e. The van der Waals surface area contributed by atoms with Crippen molar-refractivity contribution in [3.05, 3.63) is 48.2 Å². The maximum atomic E-state index is 13.0. The van der Waals surface area contributed by atoms with Gasteiger partial charge in [-0.05, 0) is 37.1 Å². The number of likely N-dealkylation sites (N-methyl/N-ethyl adjacent to an activating group) is 1. The summed E-state index contributed by atoms with van der Waals surface area (Å²) in [5.41, 5.74) is 0.382. The lowest BCUT2D eigenvalue weighted by atomic mass is 10.2. The highest BCUT2D eigenvalue weighted by molar-refractivity contribution is 5.96. The van der Waals surface area contributed by atoms with Crippen molar-refractivity contribution < 1.29 is 19.1 Å². The topological polar surface area (TPSA) is 84.0 Å². The van der Waals surface area contributed by atoms with Crippen molar-refractivity contribution in [2.75, 3.05) is 39.8 Å². The minimum Gasteiger partial charge on any atom is -0.488 e. The fourth-order valence-electron chi connectivity index (χ4n) is 3.25. The van der Waals surface area contributed by atoms with E-state index in [-0.39, 0.29) is 24.2 Å². The van der Waals surface area contributed by atoms with Crippen LogP contribution in [0.25, 0.3) is 0 Å². The molecular weight excluding hydrogens is 384 g/mol. The van der Waals surface area contributed by atoms with Gasteiger partial charge in [-0.3, -0.25) is 14.5 Å². The lowest BCUT2D eigenvalue weighted by Crippen LogP contribution is -2.43. The number of carbonyl (C=O) groups excluding carboxylic acids is 2. The van der Waals surface area contributed by atoms with Crippen LogP contribution in [-0.4, -0.2) is 72.5 Å². The predicted molar refractivity (Wildman–Crippen MR) is 111 cm³/mol. The zero-order valence-corrected chi connectivity index (χ0v) is 17.0. The van der Waals surface area contributed by atoms with Gasteiger partial charge in [0.1, 0.15) is 12.2 Å². The molecule has 1 fully saturated rings. The minimum atomic E-state index is -0.182. The number of benzene rings is 1. The third-order valence-electron chi connectivity index (χ3n) is 5.13. The Hall–Kier alpha value is -3.13. The number of fused-ring (bicyclic) bond motifs is 2. The molecule has 1 aromatic carbocycles. The van der Waals surface area contributed by atoms with E-state index in [0.29, 0.717) is 49.3 Å². The molecule has 2 aliphatic rings. The fraction of sp³-hybridized carbons (Fsp3) is 0.409. The third-order valence-corrected chi connectivity index (χ3v) is 5.13. The van der Waals surface area contributed by atoms with Gasteiger partial charge in [-0.25, -0.2) is 4.98 Å². The van der Waals surface area contributed by atoms with Gasteiger partial charge in [-0.1, -0.05) is 12.1 Å². The van der Waals surface area contributed by atoms with Crippen LogP contribution in [0.5, 0.6) is 17.4 Å². The number of hydrogen-bond donors (Lipinski definition) is 1. The van der Waals surface area contributed by atoms with Gasteiger partial charge >= 0.3 is 0 Å². The van der Waals surface area contributed by atoms with Crippen LogP contribution in [0.4, 0.5) is 0 Å². The number of amides is 2. The molecule has 0 spiro atoms. The number of ether oxygens (including phenoxy) is 2. The lowest BCUT2D eigenvalue weighted by Gasteiger charge is -2.25. The highest BCUT2D eigenvalue weighted by Gasteiger charge is 2.25. The summed E-state index contributed by atoms with van der Waals surface area (Å²) in [7, 11) is 1.74. The van der Waals surface area contributed by atoms with Crippen LogP contribution in [0.15, 0.2) is 42.6 Å². The Morgan fingerprint density at radius 2 is 1.93 bits per heavy atom. The molecule has 1 N–H and O–H groups in total. The predicted octanol–water partition coefficient (Wildman–Crippen LogP) is 1.92. The number of carbonyl (C=O) groups is 2. The summed E-state index contributed by atoms with van der Waals surface area (Å²) < 4.78 is 11.9. The standard InChI is InChI=1S/C22H26N4O4/c1-25-11-12-26(15-20(27)24-16-8-9-16)13-14-29-18-6-2-3-7-19(18)30-21-17(22(25)28)5-4-10-23-21/h2-7,10,16H,8-9,11-15H2,1H3,(H,24,27). The second kappa shape index (κ2) is 9.13. The smallest absolute Gasteiger partial charge is 0.259 e. The zero-order chi connectivity index (χ0) is 20.9. The molecule has 1 aromatic heterocycles. The van der Waals surface area contributed by atoms with E-state index in [0.717, 1.165) is 12.8 Å². The summed E-state index contributed by atoms with van der Waals surface area (Å²) in [5, 5.41) is 3.02. The molecule has 8 heteroatoms. The van der Waals surface area contributed by atoms with Crippen LogP contribution >= 0.6 is 0 Å². The van der Waals surface area contributed by atoms with Crippen LogP contribution < -0.4 is 14.8 Å². The van der Waals surface area contributed by atoms with Gasteiger partial charge in [0.15, 0.2) is 11.5 Å². The first-order chi connectivity index (χ1) is 14.6. The first-order valence-corrected chi connectivity index (χ1v) is 10.2. The van der Waals surface area contributed by atoms with Crippen molar-refractivity contribution in [3.63, 3.8) is 0 Å². The second-order valence-electron chi connectivity index (χ2n) is 7.60. The van der Waals surface area contributed by atoms with Crippen molar-refractivity contribution in [3.8, 4) is 17.4 Å². The number of aromatic nitrogens is 1.